The van der Waals surface area contributed by atoms with Crippen LogP contribution in [-0.2, 0) is 18.3 Å². The molecule has 0 aromatic carbocycles. The Morgan fingerprint density at radius 3 is 2.59 bits per heavy atom. The topological polar surface area (TPSA) is 105 Å². The maximum Gasteiger partial charge on any atom is 0.253 e. The summed E-state index contributed by atoms with van der Waals surface area (Å²) < 4.78 is 7.26. The third kappa shape index (κ3) is 4.75. The molecule has 1 saturated heterocycles. The van der Waals surface area contributed by atoms with E-state index in [9.17, 15) is 9.59 Å². The maximum atomic E-state index is 13.4. The number of carbonyl (C=O) groups excluding carboxylic acids is 1. The number of hydrogen-bond acceptors (Lipinski definition) is 6. The lowest BCUT2D eigenvalue weighted by atomic mass is 10.0. The monoisotopic (exact) mass is 464 g/mol. The number of amides is 1. The highest BCUT2D eigenvalue weighted by Crippen LogP contribution is 2.29. The van der Waals surface area contributed by atoms with Gasteiger partial charge in [0.05, 0.1) is 17.5 Å². The van der Waals surface area contributed by atoms with Crippen LogP contribution in [0.3, 0.4) is 0 Å². The summed E-state index contributed by atoms with van der Waals surface area (Å²) in [6.07, 6.45) is 3.78. The van der Waals surface area contributed by atoms with E-state index in [0.29, 0.717) is 11.1 Å². The van der Waals surface area contributed by atoms with E-state index in [-0.39, 0.29) is 24.1 Å². The Kier molecular flexibility index (Phi) is 6.83. The Hall–Kier alpha value is -3.46. The number of methoxy groups -OCH3 is 1. The first-order chi connectivity index (χ1) is 16.3. The zero-order valence-corrected chi connectivity index (χ0v) is 20.4. The molecule has 1 aliphatic heterocycles. The van der Waals surface area contributed by atoms with Crippen LogP contribution in [0, 0.1) is 20.8 Å². The fraction of sp³-hybridized carbons (Fsp3) is 0.440. The molecule has 0 spiro atoms. The molecule has 34 heavy (non-hydrogen) atoms. The molecule has 0 unspecified atom stereocenters. The number of rotatable bonds is 6. The van der Waals surface area contributed by atoms with Crippen LogP contribution in [0.1, 0.15) is 45.6 Å². The van der Waals surface area contributed by atoms with E-state index in [2.05, 4.69) is 20.3 Å². The number of carbonyl (C=O) groups is 1. The molecular weight excluding hydrogens is 432 g/mol. The van der Waals surface area contributed by atoms with Crippen LogP contribution in [0.25, 0.3) is 11.4 Å². The molecule has 180 valence electrons. The fourth-order valence-electron chi connectivity index (χ4n) is 4.53. The summed E-state index contributed by atoms with van der Waals surface area (Å²) >= 11 is 0. The van der Waals surface area contributed by atoms with Crippen molar-refractivity contribution in [3.8, 4) is 11.4 Å². The molecule has 1 fully saturated rings. The highest BCUT2D eigenvalue weighted by atomic mass is 16.5. The van der Waals surface area contributed by atoms with Gasteiger partial charge >= 0.3 is 0 Å². The summed E-state index contributed by atoms with van der Waals surface area (Å²) in [6.45, 7) is 7.38. The third-order valence-electron chi connectivity index (χ3n) is 6.59. The molecule has 4 rings (SSSR count). The van der Waals surface area contributed by atoms with Crippen molar-refractivity contribution < 1.29 is 9.53 Å². The van der Waals surface area contributed by atoms with Crippen LogP contribution in [-0.4, -0.2) is 52.0 Å². The summed E-state index contributed by atoms with van der Waals surface area (Å²) in [4.78, 5) is 35.7. The molecule has 0 atom stereocenters. The van der Waals surface area contributed by atoms with Gasteiger partial charge in [-0.15, -0.1) is 0 Å². The van der Waals surface area contributed by atoms with Gasteiger partial charge in [0, 0.05) is 56.8 Å². The minimum absolute atomic E-state index is 0.150. The third-order valence-corrected chi connectivity index (χ3v) is 6.59. The molecule has 0 bridgehead atoms. The number of ether oxygens (including phenoxy) is 1. The van der Waals surface area contributed by atoms with Gasteiger partial charge in [0.25, 0.3) is 11.5 Å². The number of H-pyrrole nitrogens is 1. The molecular formula is C25H32N6O3. The smallest absolute Gasteiger partial charge is 0.253 e. The van der Waals surface area contributed by atoms with E-state index in [1.165, 1.54) is 0 Å². The predicted octanol–water partition coefficient (Wildman–Crippen LogP) is 2.64. The average molecular weight is 465 g/mol. The van der Waals surface area contributed by atoms with Gasteiger partial charge < -0.3 is 19.9 Å². The number of aromatic amines is 1. The van der Waals surface area contributed by atoms with Gasteiger partial charge in [-0.25, -0.2) is 4.98 Å². The summed E-state index contributed by atoms with van der Waals surface area (Å²) in [5.74, 6) is 0.515. The lowest BCUT2D eigenvalue weighted by Crippen LogP contribution is -2.37. The van der Waals surface area contributed by atoms with Crippen LogP contribution in [0.4, 0.5) is 5.82 Å². The molecule has 1 aliphatic rings. The first kappa shape index (κ1) is 23.7. The normalized spacial score (nSPS) is 14.4. The summed E-state index contributed by atoms with van der Waals surface area (Å²) in [7, 11) is 3.60. The number of hydrogen-bond donors (Lipinski definition) is 2. The molecule has 3 aromatic heterocycles. The minimum Gasteiger partial charge on any atom is -0.381 e. The summed E-state index contributed by atoms with van der Waals surface area (Å²) in [6, 6.07) is 5.65. The predicted molar refractivity (Wildman–Crippen MR) is 131 cm³/mol. The van der Waals surface area contributed by atoms with Crippen molar-refractivity contribution in [1.82, 2.24) is 25.1 Å². The van der Waals surface area contributed by atoms with Crippen molar-refractivity contribution in [3.05, 3.63) is 62.7 Å². The number of anilines is 1. The minimum atomic E-state index is -0.240. The van der Waals surface area contributed by atoms with Gasteiger partial charge in [-0.3, -0.25) is 14.3 Å². The number of pyridine rings is 2. The highest BCUT2D eigenvalue weighted by molar-refractivity contribution is 5.98. The Bertz CT molecular complexity index is 1250. The molecule has 0 aliphatic carbocycles. The SMILES string of the molecule is COC1CCN(c2cc(C(=O)NCc3c(C)cc(C)[nH]c3=O)c(C)c(-c3ccnn3C)n2)CC1. The fourth-order valence-corrected chi connectivity index (χ4v) is 4.53. The van der Waals surface area contributed by atoms with Crippen LogP contribution in [0.5, 0.6) is 0 Å². The van der Waals surface area contributed by atoms with Crippen LogP contribution in [0.2, 0.25) is 0 Å². The largest absolute Gasteiger partial charge is 0.381 e. The first-order valence-electron chi connectivity index (χ1n) is 11.5. The molecule has 0 radical (unpaired) electrons. The number of aromatic nitrogens is 4. The van der Waals surface area contributed by atoms with Crippen molar-refractivity contribution >= 4 is 11.7 Å². The van der Waals surface area contributed by atoms with Crippen LogP contribution in [0.15, 0.2) is 29.2 Å². The zero-order valence-electron chi connectivity index (χ0n) is 20.4. The van der Waals surface area contributed by atoms with E-state index < -0.39 is 0 Å². The Balaban J connectivity index is 1.67. The van der Waals surface area contributed by atoms with Crippen molar-refractivity contribution in [2.24, 2.45) is 7.05 Å². The van der Waals surface area contributed by atoms with Gasteiger partial charge in [-0.05, 0) is 62.9 Å². The number of nitrogens with one attached hydrogen (secondary N) is 2. The Morgan fingerprint density at radius 1 is 1.24 bits per heavy atom. The van der Waals surface area contributed by atoms with E-state index in [1.807, 2.05) is 46.0 Å². The van der Waals surface area contributed by atoms with Crippen LogP contribution < -0.4 is 15.8 Å². The molecule has 0 saturated carbocycles. The Labute approximate surface area is 199 Å². The molecule has 2 N–H and O–H groups in total. The molecule has 3 aromatic rings. The second-order valence-electron chi connectivity index (χ2n) is 8.89. The zero-order chi connectivity index (χ0) is 24.4. The molecule has 4 heterocycles. The molecule has 9 nitrogen and oxygen atoms in total. The van der Waals surface area contributed by atoms with Crippen molar-refractivity contribution in [2.45, 2.75) is 46.3 Å². The second kappa shape index (κ2) is 9.80. The van der Waals surface area contributed by atoms with E-state index in [1.54, 1.807) is 18.0 Å². The highest BCUT2D eigenvalue weighted by Gasteiger charge is 2.24. The lowest BCUT2D eigenvalue weighted by Gasteiger charge is -2.32. The van der Waals surface area contributed by atoms with Gasteiger partial charge in [0.15, 0.2) is 0 Å². The average Bonchev–Trinajstić information content (AvgIpc) is 3.24. The number of aryl methyl sites for hydroxylation is 3. The molecule has 1 amide bonds. The van der Waals surface area contributed by atoms with E-state index in [4.69, 9.17) is 9.72 Å². The van der Waals surface area contributed by atoms with Crippen molar-refractivity contribution in [3.63, 3.8) is 0 Å². The Morgan fingerprint density at radius 2 is 1.97 bits per heavy atom. The van der Waals surface area contributed by atoms with E-state index in [0.717, 1.165) is 60.0 Å². The van der Waals surface area contributed by atoms with Gasteiger partial charge in [0.1, 0.15) is 5.82 Å². The molecule has 9 heteroatoms. The second-order valence-corrected chi connectivity index (χ2v) is 8.89. The van der Waals surface area contributed by atoms with E-state index >= 15 is 0 Å². The maximum absolute atomic E-state index is 13.4. The first-order valence-corrected chi connectivity index (χ1v) is 11.5. The standard InChI is InChI=1S/C25H32N6O3/c1-15-12-16(2)28-25(33)20(15)14-26-24(32)19-13-22(31-10-7-18(34-5)8-11-31)29-23(17(19)3)21-6-9-27-30(21)4/h6,9,12-13,18H,7-8,10-11,14H2,1-5H3,(H,26,32)(H,28,33). The van der Waals surface area contributed by atoms with Crippen molar-refractivity contribution in [1.29, 1.82) is 0 Å². The quantitative estimate of drug-likeness (QED) is 0.581. The van der Waals surface area contributed by atoms with Crippen molar-refractivity contribution in [2.75, 3.05) is 25.1 Å². The van der Waals surface area contributed by atoms with Gasteiger partial charge in [-0.1, -0.05) is 0 Å². The number of piperidine rings is 1. The van der Waals surface area contributed by atoms with Crippen LogP contribution >= 0.6 is 0 Å². The summed E-state index contributed by atoms with van der Waals surface area (Å²) in [5, 5.41) is 7.23. The number of nitrogens with zero attached hydrogens (tertiary/aromatic N) is 4. The lowest BCUT2D eigenvalue weighted by molar-refractivity contribution is 0.0817. The van der Waals surface area contributed by atoms with Gasteiger partial charge in [-0.2, -0.15) is 5.10 Å². The van der Waals surface area contributed by atoms with Gasteiger partial charge in [0.2, 0.25) is 0 Å². The summed E-state index contributed by atoms with van der Waals surface area (Å²) in [5.41, 5.74) is 4.89.